The predicted octanol–water partition coefficient (Wildman–Crippen LogP) is 2.00. The molecular formula is C21H26ClN5O3. The molecule has 8 nitrogen and oxygen atoms in total. The van der Waals surface area contributed by atoms with Crippen molar-refractivity contribution in [2.24, 2.45) is 0 Å². The topological polar surface area (TPSA) is 86.8 Å². The SMILES string of the molecule is CNC(=O)COC(=O)NCCN1CCN(c2ccc(-c3ccc(Cl)cc3)cn2)CC1. The molecule has 2 N–H and O–H groups in total. The molecule has 1 fully saturated rings. The second kappa shape index (κ2) is 10.8. The standard InChI is InChI=1S/C21H26ClN5O3/c1-23-20(28)15-30-21(29)24-8-9-26-10-12-27(13-11-26)19-7-4-17(14-25-19)16-2-5-18(22)6-3-16/h2-7,14H,8-13,15H2,1H3,(H,23,28)(H,24,29). The zero-order valence-electron chi connectivity index (χ0n) is 16.9. The molecule has 1 aliphatic rings. The molecule has 0 spiro atoms. The van der Waals surface area contributed by atoms with E-state index in [0.29, 0.717) is 6.54 Å². The summed E-state index contributed by atoms with van der Waals surface area (Å²) in [5, 5.41) is 5.77. The molecule has 1 saturated heterocycles. The van der Waals surface area contributed by atoms with Gasteiger partial charge in [-0.05, 0) is 29.8 Å². The fourth-order valence-corrected chi connectivity index (χ4v) is 3.28. The number of benzene rings is 1. The van der Waals surface area contributed by atoms with Crippen molar-refractivity contribution in [3.05, 3.63) is 47.6 Å². The van der Waals surface area contributed by atoms with Gasteiger partial charge in [0.25, 0.3) is 5.91 Å². The Morgan fingerprint density at radius 3 is 2.40 bits per heavy atom. The molecule has 30 heavy (non-hydrogen) atoms. The van der Waals surface area contributed by atoms with Crippen LogP contribution in [0.5, 0.6) is 0 Å². The smallest absolute Gasteiger partial charge is 0.407 e. The van der Waals surface area contributed by atoms with Crippen molar-refractivity contribution in [3.63, 3.8) is 0 Å². The minimum Gasteiger partial charge on any atom is -0.439 e. The molecule has 9 heteroatoms. The van der Waals surface area contributed by atoms with Gasteiger partial charge in [0, 0.05) is 63.1 Å². The van der Waals surface area contributed by atoms with Crippen LogP contribution >= 0.6 is 11.6 Å². The highest BCUT2D eigenvalue weighted by atomic mass is 35.5. The summed E-state index contributed by atoms with van der Waals surface area (Å²) in [6, 6.07) is 11.8. The van der Waals surface area contributed by atoms with Crippen LogP contribution in [0.25, 0.3) is 11.1 Å². The van der Waals surface area contributed by atoms with Gasteiger partial charge in [-0.3, -0.25) is 9.69 Å². The minimum atomic E-state index is -0.581. The summed E-state index contributed by atoms with van der Waals surface area (Å²) in [4.78, 5) is 31.7. The van der Waals surface area contributed by atoms with Gasteiger partial charge in [-0.25, -0.2) is 9.78 Å². The maximum absolute atomic E-state index is 11.5. The fourth-order valence-electron chi connectivity index (χ4n) is 3.16. The summed E-state index contributed by atoms with van der Waals surface area (Å²) >= 11 is 5.95. The number of nitrogens with one attached hydrogen (secondary N) is 2. The van der Waals surface area contributed by atoms with Crippen molar-refractivity contribution in [2.75, 3.05) is 57.8 Å². The quantitative estimate of drug-likeness (QED) is 0.697. The molecule has 1 aliphatic heterocycles. The highest BCUT2D eigenvalue weighted by Gasteiger charge is 2.18. The number of nitrogens with zero attached hydrogens (tertiary/aromatic N) is 3. The monoisotopic (exact) mass is 431 g/mol. The molecule has 0 aliphatic carbocycles. The highest BCUT2D eigenvalue weighted by Crippen LogP contribution is 2.23. The lowest BCUT2D eigenvalue weighted by molar-refractivity contribution is -0.123. The van der Waals surface area contributed by atoms with Crippen LogP contribution in [0.15, 0.2) is 42.6 Å². The number of hydrogen-bond donors (Lipinski definition) is 2. The fraction of sp³-hybridized carbons (Fsp3) is 0.381. The zero-order chi connectivity index (χ0) is 21.3. The van der Waals surface area contributed by atoms with Crippen LogP contribution < -0.4 is 15.5 Å². The molecule has 1 aromatic heterocycles. The van der Waals surface area contributed by atoms with Crippen LogP contribution in [0.3, 0.4) is 0 Å². The molecule has 0 bridgehead atoms. The van der Waals surface area contributed by atoms with E-state index in [0.717, 1.165) is 54.7 Å². The van der Waals surface area contributed by atoms with Crippen molar-refractivity contribution in [1.29, 1.82) is 0 Å². The van der Waals surface area contributed by atoms with Gasteiger partial charge < -0.3 is 20.3 Å². The molecule has 0 atom stereocenters. The first-order valence-electron chi connectivity index (χ1n) is 9.85. The number of likely N-dealkylation sites (N-methyl/N-ethyl adjacent to an activating group) is 1. The van der Waals surface area contributed by atoms with Crippen molar-refractivity contribution >= 4 is 29.4 Å². The van der Waals surface area contributed by atoms with E-state index in [-0.39, 0.29) is 12.5 Å². The number of anilines is 1. The lowest BCUT2D eigenvalue weighted by Crippen LogP contribution is -2.48. The van der Waals surface area contributed by atoms with E-state index in [1.165, 1.54) is 7.05 Å². The second-order valence-corrected chi connectivity index (χ2v) is 7.35. The molecule has 0 saturated carbocycles. The Bertz CT molecular complexity index is 837. The number of ether oxygens (including phenoxy) is 1. The largest absolute Gasteiger partial charge is 0.439 e. The Kier molecular flexibility index (Phi) is 7.87. The number of pyridine rings is 1. The number of piperazine rings is 1. The Morgan fingerprint density at radius 2 is 1.77 bits per heavy atom. The Labute approximate surface area is 181 Å². The van der Waals surface area contributed by atoms with Crippen LogP contribution in [0.2, 0.25) is 5.02 Å². The van der Waals surface area contributed by atoms with Crippen LogP contribution in [-0.2, 0) is 9.53 Å². The van der Waals surface area contributed by atoms with E-state index in [9.17, 15) is 9.59 Å². The average molecular weight is 432 g/mol. The first kappa shape index (κ1) is 21.9. The highest BCUT2D eigenvalue weighted by molar-refractivity contribution is 6.30. The van der Waals surface area contributed by atoms with Gasteiger partial charge in [-0.1, -0.05) is 23.7 Å². The van der Waals surface area contributed by atoms with E-state index in [2.05, 4.69) is 31.5 Å². The number of carbonyl (C=O) groups excluding carboxylic acids is 2. The third kappa shape index (κ3) is 6.33. The lowest BCUT2D eigenvalue weighted by Gasteiger charge is -2.35. The third-order valence-corrected chi connectivity index (χ3v) is 5.18. The van der Waals surface area contributed by atoms with Gasteiger partial charge in [0.1, 0.15) is 5.82 Å². The maximum atomic E-state index is 11.5. The summed E-state index contributed by atoms with van der Waals surface area (Å²) in [7, 11) is 1.49. The Morgan fingerprint density at radius 1 is 1.07 bits per heavy atom. The van der Waals surface area contributed by atoms with E-state index < -0.39 is 6.09 Å². The molecule has 3 rings (SSSR count). The number of amides is 2. The number of halogens is 1. The number of rotatable bonds is 7. The molecule has 1 aromatic carbocycles. The summed E-state index contributed by atoms with van der Waals surface area (Å²) in [6.45, 7) is 4.44. The van der Waals surface area contributed by atoms with Crippen molar-refractivity contribution < 1.29 is 14.3 Å². The van der Waals surface area contributed by atoms with Gasteiger partial charge in [0.15, 0.2) is 6.61 Å². The molecule has 2 amide bonds. The minimum absolute atomic E-state index is 0.273. The molecule has 2 heterocycles. The molecule has 0 radical (unpaired) electrons. The van der Waals surface area contributed by atoms with Crippen LogP contribution in [0, 0.1) is 0 Å². The van der Waals surface area contributed by atoms with Crippen LogP contribution in [0.4, 0.5) is 10.6 Å². The van der Waals surface area contributed by atoms with Gasteiger partial charge in [-0.15, -0.1) is 0 Å². The number of alkyl carbamates (subject to hydrolysis) is 1. The predicted molar refractivity (Wildman–Crippen MR) is 117 cm³/mol. The lowest BCUT2D eigenvalue weighted by atomic mass is 10.1. The summed E-state index contributed by atoms with van der Waals surface area (Å²) in [6.07, 6.45) is 1.31. The third-order valence-electron chi connectivity index (χ3n) is 4.93. The van der Waals surface area contributed by atoms with Crippen LogP contribution in [-0.4, -0.2) is 74.8 Å². The Hall–Kier alpha value is -2.84. The van der Waals surface area contributed by atoms with Gasteiger partial charge in [-0.2, -0.15) is 0 Å². The van der Waals surface area contributed by atoms with E-state index in [1.54, 1.807) is 0 Å². The maximum Gasteiger partial charge on any atom is 0.407 e. The Balaban J connectivity index is 1.39. The van der Waals surface area contributed by atoms with Crippen molar-refractivity contribution in [1.82, 2.24) is 20.5 Å². The van der Waals surface area contributed by atoms with Crippen molar-refractivity contribution in [2.45, 2.75) is 0 Å². The number of hydrogen-bond acceptors (Lipinski definition) is 6. The normalized spacial score (nSPS) is 14.3. The molecule has 160 valence electrons. The summed E-state index contributed by atoms with van der Waals surface area (Å²) in [5.74, 6) is 0.624. The van der Waals surface area contributed by atoms with Crippen molar-refractivity contribution in [3.8, 4) is 11.1 Å². The number of carbonyl (C=O) groups is 2. The second-order valence-electron chi connectivity index (χ2n) is 6.92. The van der Waals surface area contributed by atoms with Gasteiger partial charge in [0.2, 0.25) is 0 Å². The van der Waals surface area contributed by atoms with Gasteiger partial charge in [0.05, 0.1) is 0 Å². The number of aromatic nitrogens is 1. The van der Waals surface area contributed by atoms with Gasteiger partial charge >= 0.3 is 6.09 Å². The zero-order valence-corrected chi connectivity index (χ0v) is 17.7. The van der Waals surface area contributed by atoms with E-state index in [4.69, 9.17) is 16.3 Å². The first-order chi connectivity index (χ1) is 14.5. The molecule has 0 unspecified atom stereocenters. The van der Waals surface area contributed by atoms with E-state index >= 15 is 0 Å². The van der Waals surface area contributed by atoms with E-state index in [1.807, 2.05) is 36.5 Å². The molecule has 2 aromatic rings. The average Bonchev–Trinajstić information content (AvgIpc) is 2.78. The molecular weight excluding hydrogens is 406 g/mol. The van der Waals surface area contributed by atoms with Crippen LogP contribution in [0.1, 0.15) is 0 Å². The summed E-state index contributed by atoms with van der Waals surface area (Å²) in [5.41, 5.74) is 2.15. The first-order valence-corrected chi connectivity index (χ1v) is 10.2. The summed E-state index contributed by atoms with van der Waals surface area (Å²) < 4.78 is 4.80.